The van der Waals surface area contributed by atoms with E-state index in [0.29, 0.717) is 13.1 Å². The van der Waals surface area contributed by atoms with Crippen molar-refractivity contribution in [3.05, 3.63) is 59.2 Å². The lowest BCUT2D eigenvalue weighted by Crippen LogP contribution is -2.33. The van der Waals surface area contributed by atoms with Crippen molar-refractivity contribution in [2.75, 3.05) is 25.5 Å². The molecule has 0 unspecified atom stereocenters. The normalized spacial score (nSPS) is 10.4. The molecule has 0 spiro atoms. The second-order valence-corrected chi connectivity index (χ2v) is 6.65. The first-order valence-corrected chi connectivity index (χ1v) is 9.15. The maximum Gasteiger partial charge on any atom is 0.226 e. The van der Waals surface area contributed by atoms with Crippen molar-refractivity contribution in [1.29, 1.82) is 0 Å². The van der Waals surface area contributed by atoms with Gasteiger partial charge in [-0.15, -0.1) is 0 Å². The van der Waals surface area contributed by atoms with Crippen LogP contribution in [0.2, 0.25) is 0 Å². The molecule has 1 N–H and O–H groups in total. The molecule has 0 aliphatic rings. The van der Waals surface area contributed by atoms with Crippen molar-refractivity contribution < 1.29 is 14.3 Å². The predicted octanol–water partition coefficient (Wildman–Crippen LogP) is 3.73. The van der Waals surface area contributed by atoms with Gasteiger partial charge in [-0.3, -0.25) is 9.59 Å². The summed E-state index contributed by atoms with van der Waals surface area (Å²) in [5.74, 6) is 0.684. The third kappa shape index (κ3) is 6.13. The first kappa shape index (κ1) is 20.5. The Labute approximate surface area is 161 Å². The third-order valence-electron chi connectivity index (χ3n) is 4.74. The highest BCUT2D eigenvalue weighted by molar-refractivity contribution is 5.92. The Morgan fingerprint density at radius 3 is 2.52 bits per heavy atom. The number of hydrogen-bond acceptors (Lipinski definition) is 3. The summed E-state index contributed by atoms with van der Waals surface area (Å²) in [4.78, 5) is 25.9. The molecule has 0 aromatic heterocycles. The minimum atomic E-state index is -0.0867. The monoisotopic (exact) mass is 368 g/mol. The van der Waals surface area contributed by atoms with Gasteiger partial charge in [-0.25, -0.2) is 0 Å². The van der Waals surface area contributed by atoms with Gasteiger partial charge in [0, 0.05) is 32.1 Å². The van der Waals surface area contributed by atoms with E-state index in [1.54, 1.807) is 12.0 Å². The Morgan fingerprint density at radius 1 is 1.07 bits per heavy atom. The van der Waals surface area contributed by atoms with Crippen LogP contribution in [0.5, 0.6) is 5.75 Å². The van der Waals surface area contributed by atoms with Gasteiger partial charge in [0.2, 0.25) is 11.8 Å². The zero-order valence-corrected chi connectivity index (χ0v) is 16.5. The Morgan fingerprint density at radius 2 is 1.81 bits per heavy atom. The third-order valence-corrected chi connectivity index (χ3v) is 4.74. The molecular weight excluding hydrogens is 340 g/mol. The van der Waals surface area contributed by atoms with Gasteiger partial charge in [-0.1, -0.05) is 24.3 Å². The van der Waals surface area contributed by atoms with Crippen LogP contribution in [0.1, 0.15) is 30.0 Å². The first-order valence-electron chi connectivity index (χ1n) is 9.15. The number of methoxy groups -OCH3 is 1. The van der Waals surface area contributed by atoms with E-state index >= 15 is 0 Å². The van der Waals surface area contributed by atoms with Gasteiger partial charge in [0.05, 0.1) is 7.11 Å². The van der Waals surface area contributed by atoms with Crippen LogP contribution in [0.3, 0.4) is 0 Å². The average molecular weight is 368 g/mol. The summed E-state index contributed by atoms with van der Waals surface area (Å²) in [7, 11) is 1.63. The van der Waals surface area contributed by atoms with Gasteiger partial charge in [-0.05, 0) is 55.2 Å². The number of rotatable bonds is 8. The largest absolute Gasteiger partial charge is 0.497 e. The Kier molecular flexibility index (Phi) is 7.41. The van der Waals surface area contributed by atoms with E-state index in [2.05, 4.69) is 5.32 Å². The van der Waals surface area contributed by atoms with Gasteiger partial charge in [0.15, 0.2) is 0 Å². The number of nitrogens with zero attached hydrogens (tertiary/aromatic N) is 1. The molecule has 5 heteroatoms. The fraction of sp³-hybridized carbons (Fsp3) is 0.364. The molecule has 2 aromatic rings. The summed E-state index contributed by atoms with van der Waals surface area (Å²) in [5.41, 5.74) is 4.12. The molecule has 5 nitrogen and oxygen atoms in total. The first-order chi connectivity index (χ1) is 12.9. The fourth-order valence-corrected chi connectivity index (χ4v) is 2.85. The Hall–Kier alpha value is -2.82. The molecule has 0 fully saturated rings. The van der Waals surface area contributed by atoms with Crippen LogP contribution in [0, 0.1) is 13.8 Å². The van der Waals surface area contributed by atoms with Crippen molar-refractivity contribution in [1.82, 2.24) is 4.90 Å². The Balaban J connectivity index is 1.89. The molecule has 0 heterocycles. The minimum Gasteiger partial charge on any atom is -0.497 e. The highest BCUT2D eigenvalue weighted by atomic mass is 16.5. The second kappa shape index (κ2) is 9.76. The number of benzene rings is 2. The minimum absolute atomic E-state index is 0.0302. The lowest BCUT2D eigenvalue weighted by Gasteiger charge is -2.21. The van der Waals surface area contributed by atoms with E-state index in [4.69, 9.17) is 4.74 Å². The van der Waals surface area contributed by atoms with E-state index in [0.717, 1.165) is 34.5 Å². The standard InChI is InChI=1S/C22H28N2O3/c1-16-7-5-10-21(17(16)2)23-22(26)12-14-24(18(3)25)13-11-19-8-6-9-20(15-19)27-4/h5-10,15H,11-14H2,1-4H3,(H,23,26). The number of nitrogens with one attached hydrogen (secondary N) is 1. The van der Waals surface area contributed by atoms with Crippen molar-refractivity contribution >= 4 is 17.5 Å². The van der Waals surface area contributed by atoms with E-state index in [1.165, 1.54) is 6.92 Å². The van der Waals surface area contributed by atoms with E-state index in [-0.39, 0.29) is 18.2 Å². The Bertz CT molecular complexity index is 802. The number of hydrogen-bond donors (Lipinski definition) is 1. The molecule has 0 aliphatic heterocycles. The number of anilines is 1. The van der Waals surface area contributed by atoms with Crippen LogP contribution in [-0.2, 0) is 16.0 Å². The van der Waals surface area contributed by atoms with Crippen molar-refractivity contribution in [2.24, 2.45) is 0 Å². The SMILES string of the molecule is COc1cccc(CCN(CCC(=O)Nc2cccc(C)c2C)C(C)=O)c1. The molecular formula is C22H28N2O3. The van der Waals surface area contributed by atoms with Gasteiger partial charge in [0.1, 0.15) is 5.75 Å². The summed E-state index contributed by atoms with van der Waals surface area (Å²) >= 11 is 0. The van der Waals surface area contributed by atoms with Crippen LogP contribution in [0.4, 0.5) is 5.69 Å². The van der Waals surface area contributed by atoms with Gasteiger partial charge in [-0.2, -0.15) is 0 Å². The van der Waals surface area contributed by atoms with E-state index in [9.17, 15) is 9.59 Å². The quantitative estimate of drug-likeness (QED) is 0.772. The molecule has 0 radical (unpaired) electrons. The predicted molar refractivity (Wildman–Crippen MR) is 108 cm³/mol. The van der Waals surface area contributed by atoms with Crippen molar-refractivity contribution in [3.8, 4) is 5.75 Å². The topological polar surface area (TPSA) is 58.6 Å². The van der Waals surface area contributed by atoms with Crippen molar-refractivity contribution in [2.45, 2.75) is 33.6 Å². The van der Waals surface area contributed by atoms with Crippen molar-refractivity contribution in [3.63, 3.8) is 0 Å². The van der Waals surface area contributed by atoms with E-state index < -0.39 is 0 Å². The van der Waals surface area contributed by atoms with Crippen LogP contribution >= 0.6 is 0 Å². The highest BCUT2D eigenvalue weighted by Gasteiger charge is 2.12. The second-order valence-electron chi connectivity index (χ2n) is 6.65. The lowest BCUT2D eigenvalue weighted by molar-refractivity contribution is -0.129. The maximum absolute atomic E-state index is 12.3. The van der Waals surface area contributed by atoms with E-state index in [1.807, 2.05) is 56.3 Å². The number of ether oxygens (including phenoxy) is 1. The van der Waals surface area contributed by atoms with Gasteiger partial charge >= 0.3 is 0 Å². The lowest BCUT2D eigenvalue weighted by atomic mass is 10.1. The molecule has 0 saturated heterocycles. The summed E-state index contributed by atoms with van der Waals surface area (Å²) in [6.45, 7) is 6.51. The maximum atomic E-state index is 12.3. The molecule has 2 rings (SSSR count). The number of carbonyl (C=O) groups excluding carboxylic acids is 2. The average Bonchev–Trinajstić information content (AvgIpc) is 2.65. The summed E-state index contributed by atoms with van der Waals surface area (Å²) < 4.78 is 5.23. The smallest absolute Gasteiger partial charge is 0.226 e. The molecule has 0 aliphatic carbocycles. The number of amides is 2. The summed E-state index contributed by atoms with van der Waals surface area (Å²) in [6.07, 6.45) is 0.987. The molecule has 0 atom stereocenters. The number of carbonyl (C=O) groups is 2. The van der Waals surface area contributed by atoms with Crippen LogP contribution in [0.25, 0.3) is 0 Å². The summed E-state index contributed by atoms with van der Waals surface area (Å²) in [6, 6.07) is 13.6. The molecule has 27 heavy (non-hydrogen) atoms. The van der Waals surface area contributed by atoms with Gasteiger partial charge < -0.3 is 15.0 Å². The fourth-order valence-electron chi connectivity index (χ4n) is 2.85. The summed E-state index contributed by atoms with van der Waals surface area (Å²) in [5, 5.41) is 2.94. The van der Waals surface area contributed by atoms with Crippen LogP contribution < -0.4 is 10.1 Å². The van der Waals surface area contributed by atoms with Crippen LogP contribution in [-0.4, -0.2) is 36.9 Å². The van der Waals surface area contributed by atoms with Gasteiger partial charge in [0.25, 0.3) is 0 Å². The highest BCUT2D eigenvalue weighted by Crippen LogP contribution is 2.18. The molecule has 0 saturated carbocycles. The molecule has 2 amide bonds. The molecule has 0 bridgehead atoms. The zero-order chi connectivity index (χ0) is 19.8. The van der Waals surface area contributed by atoms with Crippen LogP contribution in [0.15, 0.2) is 42.5 Å². The molecule has 144 valence electrons. The molecule has 2 aromatic carbocycles. The zero-order valence-electron chi connectivity index (χ0n) is 16.5. The number of aryl methyl sites for hydroxylation is 1.